The number of rotatable bonds is 8. The monoisotopic (exact) mass is 308 g/mol. The normalized spacial score (nSPS) is 11.1. The molecule has 0 saturated carbocycles. The number of methoxy groups -OCH3 is 1. The summed E-state index contributed by atoms with van der Waals surface area (Å²) >= 11 is 0. The molecular formula is C17H28N2O3. The summed E-state index contributed by atoms with van der Waals surface area (Å²) in [5, 5.41) is 14.7. The highest BCUT2D eigenvalue weighted by molar-refractivity contribution is 5.73. The third kappa shape index (κ3) is 6.35. The van der Waals surface area contributed by atoms with Gasteiger partial charge in [0.2, 0.25) is 0 Å². The van der Waals surface area contributed by atoms with E-state index in [1.807, 2.05) is 32.9 Å². The van der Waals surface area contributed by atoms with Crippen molar-refractivity contribution in [3.8, 4) is 5.75 Å². The number of aliphatic hydroxyl groups excluding tert-OH is 1. The Hall–Kier alpha value is -1.75. The first kappa shape index (κ1) is 18.3. The standard InChI is InChI=1S/C17H28N2O3/c1-13-5-6-15(22-4)14(11-13)7-9-18-16(21)19-12-17(2,3)8-10-20/h5-6,11,20H,7-10,12H2,1-4H3,(H2,18,19,21). The van der Waals surface area contributed by atoms with Crippen LogP contribution in [0.2, 0.25) is 0 Å². The van der Waals surface area contributed by atoms with E-state index in [9.17, 15) is 4.79 Å². The zero-order valence-electron chi connectivity index (χ0n) is 14.0. The molecule has 0 unspecified atom stereocenters. The average Bonchev–Trinajstić information content (AvgIpc) is 2.45. The minimum absolute atomic E-state index is 0.105. The van der Waals surface area contributed by atoms with Gasteiger partial charge in [-0.25, -0.2) is 4.79 Å². The molecule has 124 valence electrons. The lowest BCUT2D eigenvalue weighted by Crippen LogP contribution is -2.41. The zero-order valence-corrected chi connectivity index (χ0v) is 14.0. The number of carbonyl (C=O) groups is 1. The highest BCUT2D eigenvalue weighted by Crippen LogP contribution is 2.20. The van der Waals surface area contributed by atoms with Gasteiger partial charge >= 0.3 is 6.03 Å². The van der Waals surface area contributed by atoms with Gasteiger partial charge < -0.3 is 20.5 Å². The molecule has 1 aromatic carbocycles. The SMILES string of the molecule is COc1ccc(C)cc1CCNC(=O)NCC(C)(C)CCO. The summed E-state index contributed by atoms with van der Waals surface area (Å²) in [5.74, 6) is 0.844. The van der Waals surface area contributed by atoms with E-state index in [1.54, 1.807) is 7.11 Å². The van der Waals surface area contributed by atoms with Crippen molar-refractivity contribution in [3.63, 3.8) is 0 Å². The Morgan fingerprint density at radius 2 is 2.05 bits per heavy atom. The van der Waals surface area contributed by atoms with Crippen molar-refractivity contribution in [1.82, 2.24) is 10.6 Å². The van der Waals surface area contributed by atoms with E-state index in [-0.39, 0.29) is 18.1 Å². The summed E-state index contributed by atoms with van der Waals surface area (Å²) in [7, 11) is 1.65. The number of ether oxygens (including phenoxy) is 1. The van der Waals surface area contributed by atoms with E-state index >= 15 is 0 Å². The van der Waals surface area contributed by atoms with Crippen molar-refractivity contribution < 1.29 is 14.6 Å². The summed E-state index contributed by atoms with van der Waals surface area (Å²) in [5.41, 5.74) is 2.15. The first-order valence-corrected chi connectivity index (χ1v) is 7.64. The number of amides is 2. The van der Waals surface area contributed by atoms with Crippen molar-refractivity contribution >= 4 is 6.03 Å². The van der Waals surface area contributed by atoms with Crippen LogP contribution in [0.4, 0.5) is 4.79 Å². The van der Waals surface area contributed by atoms with E-state index < -0.39 is 0 Å². The predicted molar refractivity (Wildman–Crippen MR) is 88.3 cm³/mol. The van der Waals surface area contributed by atoms with Crippen molar-refractivity contribution in [1.29, 1.82) is 0 Å². The van der Waals surface area contributed by atoms with Gasteiger partial charge in [-0.3, -0.25) is 0 Å². The fourth-order valence-corrected chi connectivity index (χ4v) is 2.19. The van der Waals surface area contributed by atoms with E-state index in [4.69, 9.17) is 9.84 Å². The molecule has 0 radical (unpaired) electrons. The van der Waals surface area contributed by atoms with Crippen LogP contribution in [0.15, 0.2) is 18.2 Å². The molecule has 0 fully saturated rings. The summed E-state index contributed by atoms with van der Waals surface area (Å²) < 4.78 is 5.32. The van der Waals surface area contributed by atoms with Gasteiger partial charge in [-0.05, 0) is 36.8 Å². The first-order valence-electron chi connectivity index (χ1n) is 7.64. The Balaban J connectivity index is 2.38. The minimum Gasteiger partial charge on any atom is -0.496 e. The molecule has 1 aromatic rings. The van der Waals surface area contributed by atoms with E-state index in [2.05, 4.69) is 16.7 Å². The molecule has 0 saturated heterocycles. The van der Waals surface area contributed by atoms with E-state index in [0.29, 0.717) is 19.5 Å². The Bertz CT molecular complexity index is 487. The molecule has 0 heterocycles. The van der Waals surface area contributed by atoms with Crippen LogP contribution in [0.25, 0.3) is 0 Å². The highest BCUT2D eigenvalue weighted by Gasteiger charge is 2.17. The van der Waals surface area contributed by atoms with Crippen LogP contribution in [0.3, 0.4) is 0 Å². The highest BCUT2D eigenvalue weighted by atomic mass is 16.5. The summed E-state index contributed by atoms with van der Waals surface area (Å²) in [6.45, 7) is 7.28. The Morgan fingerprint density at radius 3 is 2.68 bits per heavy atom. The first-order chi connectivity index (χ1) is 10.4. The van der Waals surface area contributed by atoms with Crippen LogP contribution in [0, 0.1) is 12.3 Å². The zero-order chi connectivity index (χ0) is 16.6. The molecule has 5 heteroatoms. The Kier molecular flexibility index (Phi) is 7.18. The number of aryl methyl sites for hydroxylation is 1. The van der Waals surface area contributed by atoms with Crippen LogP contribution >= 0.6 is 0 Å². The second kappa shape index (κ2) is 8.63. The third-order valence-corrected chi connectivity index (χ3v) is 3.63. The number of urea groups is 1. The second-order valence-corrected chi connectivity index (χ2v) is 6.31. The average molecular weight is 308 g/mol. The lowest BCUT2D eigenvalue weighted by atomic mass is 9.90. The van der Waals surface area contributed by atoms with Gasteiger partial charge in [0.15, 0.2) is 0 Å². The number of carbonyl (C=O) groups excluding carboxylic acids is 1. The van der Waals surface area contributed by atoms with Crippen molar-refractivity contribution in [3.05, 3.63) is 29.3 Å². The molecule has 3 N–H and O–H groups in total. The lowest BCUT2D eigenvalue weighted by molar-refractivity contribution is 0.201. The van der Waals surface area contributed by atoms with Crippen molar-refractivity contribution in [2.75, 3.05) is 26.8 Å². The third-order valence-electron chi connectivity index (χ3n) is 3.63. The number of hydrogen-bond donors (Lipinski definition) is 3. The molecule has 5 nitrogen and oxygen atoms in total. The molecule has 2 amide bonds. The molecule has 1 rings (SSSR count). The number of aliphatic hydroxyl groups is 1. The van der Waals surface area contributed by atoms with Crippen LogP contribution in [0.5, 0.6) is 5.75 Å². The topological polar surface area (TPSA) is 70.6 Å². The maximum Gasteiger partial charge on any atom is 0.314 e. The summed E-state index contributed by atoms with van der Waals surface area (Å²) in [4.78, 5) is 11.8. The maximum atomic E-state index is 11.8. The lowest BCUT2D eigenvalue weighted by Gasteiger charge is -2.23. The van der Waals surface area contributed by atoms with E-state index in [0.717, 1.165) is 17.7 Å². The predicted octanol–water partition coefficient (Wildman–Crippen LogP) is 2.25. The van der Waals surface area contributed by atoms with Crippen LogP contribution in [0.1, 0.15) is 31.4 Å². The van der Waals surface area contributed by atoms with Gasteiger partial charge in [-0.2, -0.15) is 0 Å². The van der Waals surface area contributed by atoms with Gasteiger partial charge in [-0.15, -0.1) is 0 Å². The quantitative estimate of drug-likeness (QED) is 0.690. The van der Waals surface area contributed by atoms with Crippen LogP contribution < -0.4 is 15.4 Å². The Labute approximate surface area is 133 Å². The molecule has 0 atom stereocenters. The molecule has 0 aliphatic carbocycles. The molecular weight excluding hydrogens is 280 g/mol. The van der Waals surface area contributed by atoms with Crippen molar-refractivity contribution in [2.24, 2.45) is 5.41 Å². The summed E-state index contributed by atoms with van der Waals surface area (Å²) in [6, 6.07) is 5.84. The van der Waals surface area contributed by atoms with Gasteiger partial charge in [0, 0.05) is 19.7 Å². The molecule has 0 aliphatic rings. The molecule has 0 aromatic heterocycles. The van der Waals surface area contributed by atoms with Crippen LogP contribution in [-0.4, -0.2) is 37.9 Å². The fourth-order valence-electron chi connectivity index (χ4n) is 2.19. The van der Waals surface area contributed by atoms with Gasteiger partial charge in [0.1, 0.15) is 5.75 Å². The molecule has 22 heavy (non-hydrogen) atoms. The van der Waals surface area contributed by atoms with Crippen LogP contribution in [-0.2, 0) is 6.42 Å². The van der Waals surface area contributed by atoms with Gasteiger partial charge in [0.25, 0.3) is 0 Å². The second-order valence-electron chi connectivity index (χ2n) is 6.31. The fraction of sp³-hybridized carbons (Fsp3) is 0.588. The number of hydrogen-bond acceptors (Lipinski definition) is 3. The largest absolute Gasteiger partial charge is 0.496 e. The summed E-state index contributed by atoms with van der Waals surface area (Å²) in [6.07, 6.45) is 1.38. The molecule has 0 spiro atoms. The Morgan fingerprint density at radius 1 is 1.32 bits per heavy atom. The smallest absolute Gasteiger partial charge is 0.314 e. The minimum atomic E-state index is -0.183. The number of nitrogens with one attached hydrogen (secondary N) is 2. The molecule has 0 bridgehead atoms. The van der Waals surface area contributed by atoms with Gasteiger partial charge in [-0.1, -0.05) is 31.5 Å². The maximum absolute atomic E-state index is 11.8. The van der Waals surface area contributed by atoms with Crippen molar-refractivity contribution in [2.45, 2.75) is 33.6 Å². The van der Waals surface area contributed by atoms with Gasteiger partial charge in [0.05, 0.1) is 7.11 Å². The molecule has 0 aliphatic heterocycles. The van der Waals surface area contributed by atoms with E-state index in [1.165, 1.54) is 5.56 Å². The number of benzene rings is 1.